The molecule has 2 aromatic carbocycles. The Balaban J connectivity index is 1.71. The van der Waals surface area contributed by atoms with Crippen LogP contribution >= 0.6 is 0 Å². The Labute approximate surface area is 138 Å². The first-order chi connectivity index (χ1) is 11.7. The smallest absolute Gasteiger partial charge is 0.288 e. The molecule has 24 heavy (non-hydrogen) atoms. The molecule has 3 aromatic rings. The number of hydrazine groups is 1. The van der Waals surface area contributed by atoms with Crippen molar-refractivity contribution in [3.63, 3.8) is 0 Å². The van der Waals surface area contributed by atoms with Gasteiger partial charge >= 0.3 is 0 Å². The van der Waals surface area contributed by atoms with Crippen LogP contribution in [0.2, 0.25) is 0 Å². The van der Waals surface area contributed by atoms with Crippen molar-refractivity contribution in [3.05, 3.63) is 71.9 Å². The molecule has 0 saturated carbocycles. The number of nitrogens with one attached hydrogen (secondary N) is 2. The van der Waals surface area contributed by atoms with Gasteiger partial charge in [0, 0.05) is 5.39 Å². The quantitative estimate of drug-likeness (QED) is 0.726. The first-order valence-electron chi connectivity index (χ1n) is 7.28. The highest BCUT2D eigenvalue weighted by molar-refractivity contribution is 6.00. The van der Waals surface area contributed by atoms with E-state index >= 15 is 0 Å². The average Bonchev–Trinajstić information content (AvgIpc) is 2.65. The van der Waals surface area contributed by atoms with Crippen LogP contribution in [0, 0.1) is 0 Å². The molecule has 6 heteroatoms. The molecule has 0 atom stereocenters. The summed E-state index contributed by atoms with van der Waals surface area (Å²) in [6.07, 6.45) is 0. The predicted molar refractivity (Wildman–Crippen MR) is 89.7 cm³/mol. The fraction of sp³-hybridized carbons (Fsp3) is 0.0556. The molecule has 2 amide bonds. The lowest BCUT2D eigenvalue weighted by atomic mass is 10.2. The Kier molecular flexibility index (Phi) is 4.38. The van der Waals surface area contributed by atoms with Crippen LogP contribution in [0.3, 0.4) is 0 Å². The molecule has 0 saturated heterocycles. The van der Waals surface area contributed by atoms with Crippen LogP contribution in [0.5, 0.6) is 5.75 Å². The van der Waals surface area contributed by atoms with Gasteiger partial charge in [-0.1, -0.05) is 36.4 Å². The van der Waals surface area contributed by atoms with Crippen molar-refractivity contribution in [2.45, 2.75) is 0 Å². The first kappa shape index (κ1) is 15.5. The van der Waals surface area contributed by atoms with E-state index in [4.69, 9.17) is 4.74 Å². The molecular weight excluding hydrogens is 306 g/mol. The van der Waals surface area contributed by atoms with E-state index in [2.05, 4.69) is 15.8 Å². The van der Waals surface area contributed by atoms with E-state index in [0.717, 1.165) is 5.39 Å². The fourth-order valence-corrected chi connectivity index (χ4v) is 2.27. The Morgan fingerprint density at radius 2 is 1.58 bits per heavy atom. The van der Waals surface area contributed by atoms with E-state index in [-0.39, 0.29) is 5.69 Å². The summed E-state index contributed by atoms with van der Waals surface area (Å²) < 4.78 is 5.12. The van der Waals surface area contributed by atoms with Crippen molar-refractivity contribution >= 4 is 22.7 Å². The number of rotatable bonds is 3. The maximum Gasteiger partial charge on any atom is 0.288 e. The van der Waals surface area contributed by atoms with Crippen LogP contribution < -0.4 is 15.6 Å². The number of carbonyl (C=O) groups excluding carboxylic acids is 2. The molecule has 0 aliphatic rings. The number of ether oxygens (including phenoxy) is 1. The first-order valence-corrected chi connectivity index (χ1v) is 7.28. The third kappa shape index (κ3) is 3.17. The minimum absolute atomic E-state index is 0.217. The summed E-state index contributed by atoms with van der Waals surface area (Å²) in [4.78, 5) is 28.6. The number of aromatic nitrogens is 1. The molecular formula is C18H15N3O3. The summed E-state index contributed by atoms with van der Waals surface area (Å²) in [6, 6.07) is 17.6. The lowest BCUT2D eigenvalue weighted by molar-refractivity contribution is 0.0842. The predicted octanol–water partition coefficient (Wildman–Crippen LogP) is 2.32. The number of fused-ring (bicyclic) bond motifs is 1. The largest absolute Gasteiger partial charge is 0.496 e. The van der Waals surface area contributed by atoms with E-state index in [0.29, 0.717) is 16.8 Å². The van der Waals surface area contributed by atoms with Gasteiger partial charge in [0.2, 0.25) is 0 Å². The molecule has 0 bridgehead atoms. The Morgan fingerprint density at radius 1 is 0.875 bits per heavy atom. The number of methoxy groups -OCH3 is 1. The van der Waals surface area contributed by atoms with E-state index < -0.39 is 11.8 Å². The van der Waals surface area contributed by atoms with Gasteiger partial charge in [0.1, 0.15) is 11.4 Å². The van der Waals surface area contributed by atoms with Gasteiger partial charge in [-0.2, -0.15) is 0 Å². The Hall–Kier alpha value is -3.41. The molecule has 3 rings (SSSR count). The Bertz CT molecular complexity index is 909. The zero-order chi connectivity index (χ0) is 16.9. The third-order valence-electron chi connectivity index (χ3n) is 3.47. The number of hydrogen-bond donors (Lipinski definition) is 2. The minimum atomic E-state index is -0.496. The summed E-state index contributed by atoms with van der Waals surface area (Å²) in [6.45, 7) is 0. The van der Waals surface area contributed by atoms with Crippen molar-refractivity contribution < 1.29 is 14.3 Å². The lowest BCUT2D eigenvalue weighted by Crippen LogP contribution is -2.42. The standard InChI is InChI=1S/C18H15N3O3/c1-24-16-9-5-3-7-13(16)17(22)20-21-18(23)15-11-10-12-6-2-4-8-14(12)19-15/h2-11H,1H3,(H,20,22)(H,21,23). The minimum Gasteiger partial charge on any atom is -0.496 e. The number of pyridine rings is 1. The van der Waals surface area contributed by atoms with Gasteiger partial charge in [0.05, 0.1) is 18.2 Å². The summed E-state index contributed by atoms with van der Waals surface area (Å²) >= 11 is 0. The Morgan fingerprint density at radius 3 is 2.42 bits per heavy atom. The second-order valence-electron chi connectivity index (χ2n) is 5.00. The van der Waals surface area contributed by atoms with E-state index in [9.17, 15) is 9.59 Å². The van der Waals surface area contributed by atoms with Crippen LogP contribution in [0.1, 0.15) is 20.8 Å². The zero-order valence-corrected chi connectivity index (χ0v) is 12.9. The van der Waals surface area contributed by atoms with E-state index in [1.807, 2.05) is 24.3 Å². The number of carbonyl (C=O) groups is 2. The van der Waals surface area contributed by atoms with Crippen LogP contribution in [0.4, 0.5) is 0 Å². The molecule has 1 aromatic heterocycles. The highest BCUT2D eigenvalue weighted by Gasteiger charge is 2.13. The highest BCUT2D eigenvalue weighted by atomic mass is 16.5. The number of hydrogen-bond acceptors (Lipinski definition) is 4. The monoisotopic (exact) mass is 321 g/mol. The second-order valence-corrected chi connectivity index (χ2v) is 5.00. The van der Waals surface area contributed by atoms with E-state index in [1.54, 1.807) is 36.4 Å². The van der Waals surface area contributed by atoms with Gasteiger partial charge in [0.15, 0.2) is 0 Å². The maximum atomic E-state index is 12.2. The summed E-state index contributed by atoms with van der Waals surface area (Å²) in [5.41, 5.74) is 5.97. The topological polar surface area (TPSA) is 80.3 Å². The molecule has 0 fully saturated rings. The maximum absolute atomic E-state index is 12.2. The van der Waals surface area contributed by atoms with Crippen LogP contribution in [-0.4, -0.2) is 23.9 Å². The molecule has 120 valence electrons. The molecule has 1 heterocycles. The number of para-hydroxylation sites is 2. The summed E-state index contributed by atoms with van der Waals surface area (Å²) in [5, 5.41) is 0.937. The van der Waals surface area contributed by atoms with Crippen LogP contribution in [-0.2, 0) is 0 Å². The van der Waals surface area contributed by atoms with Crippen LogP contribution in [0.15, 0.2) is 60.7 Å². The summed E-state index contributed by atoms with van der Waals surface area (Å²) in [7, 11) is 1.48. The fourth-order valence-electron chi connectivity index (χ4n) is 2.27. The molecule has 0 aliphatic heterocycles. The van der Waals surface area contributed by atoms with Gasteiger partial charge in [-0.3, -0.25) is 20.4 Å². The highest BCUT2D eigenvalue weighted by Crippen LogP contribution is 2.16. The lowest BCUT2D eigenvalue weighted by Gasteiger charge is -2.10. The van der Waals surface area contributed by atoms with Gasteiger partial charge < -0.3 is 4.74 Å². The average molecular weight is 321 g/mol. The molecule has 2 N–H and O–H groups in total. The van der Waals surface area contributed by atoms with Gasteiger partial charge in [0.25, 0.3) is 11.8 Å². The number of benzene rings is 2. The van der Waals surface area contributed by atoms with Gasteiger partial charge in [-0.15, -0.1) is 0 Å². The SMILES string of the molecule is COc1ccccc1C(=O)NNC(=O)c1ccc2ccccc2n1. The van der Waals surface area contributed by atoms with Gasteiger partial charge in [-0.25, -0.2) is 4.98 Å². The molecule has 6 nitrogen and oxygen atoms in total. The zero-order valence-electron chi connectivity index (χ0n) is 12.9. The molecule has 0 radical (unpaired) electrons. The van der Waals surface area contributed by atoms with Gasteiger partial charge in [-0.05, 0) is 24.3 Å². The molecule has 0 unspecified atom stereocenters. The van der Waals surface area contributed by atoms with Crippen LogP contribution in [0.25, 0.3) is 10.9 Å². The molecule has 0 aliphatic carbocycles. The number of amides is 2. The van der Waals surface area contributed by atoms with E-state index in [1.165, 1.54) is 7.11 Å². The second kappa shape index (κ2) is 6.78. The molecule has 0 spiro atoms. The van der Waals surface area contributed by atoms with Crippen molar-refractivity contribution in [1.82, 2.24) is 15.8 Å². The van der Waals surface area contributed by atoms with Crippen molar-refractivity contribution in [1.29, 1.82) is 0 Å². The number of nitrogens with zero attached hydrogens (tertiary/aromatic N) is 1. The van der Waals surface area contributed by atoms with Crippen molar-refractivity contribution in [2.24, 2.45) is 0 Å². The third-order valence-corrected chi connectivity index (χ3v) is 3.47. The van der Waals surface area contributed by atoms with Crippen molar-refractivity contribution in [2.75, 3.05) is 7.11 Å². The normalized spacial score (nSPS) is 10.2. The van der Waals surface area contributed by atoms with Crippen molar-refractivity contribution in [3.8, 4) is 5.75 Å². The summed E-state index contributed by atoms with van der Waals surface area (Å²) in [5.74, 6) is -0.543.